The highest BCUT2D eigenvalue weighted by molar-refractivity contribution is 5.41. The summed E-state index contributed by atoms with van der Waals surface area (Å²) in [7, 11) is 0. The van der Waals surface area contributed by atoms with Crippen molar-refractivity contribution in [2.75, 3.05) is 6.61 Å². The Labute approximate surface area is 119 Å². The first-order valence-electron chi connectivity index (χ1n) is 6.19. The first-order chi connectivity index (χ1) is 10.1. The molecule has 0 saturated carbocycles. The molecule has 0 aliphatic carbocycles. The van der Waals surface area contributed by atoms with E-state index in [1.807, 2.05) is 0 Å². The molecule has 1 aromatic carbocycles. The number of aliphatic hydroxyl groups is 4. The van der Waals surface area contributed by atoms with Crippen LogP contribution in [0.15, 0.2) is 29.4 Å². The molecule has 114 valence electrons. The number of ether oxygens (including phenoxy) is 2. The minimum absolute atomic E-state index is 0.302. The summed E-state index contributed by atoms with van der Waals surface area (Å²) in [6.45, 7) is -0.527. The number of nitrogens with zero attached hydrogens (tertiary/aromatic N) is 3. The predicted octanol–water partition coefficient (Wildman–Crippen LogP) is -0.193. The van der Waals surface area contributed by atoms with Crippen molar-refractivity contribution >= 4 is 5.69 Å². The van der Waals surface area contributed by atoms with Gasteiger partial charge in [-0.15, -0.1) is 0 Å². The summed E-state index contributed by atoms with van der Waals surface area (Å²) in [6.07, 6.45) is -6.68. The standard InChI is InChI=1S/C12H15N3O6/c13-15-14-6-1-3-7(4-2-6)20-12-11(19)10(18)9(17)8(5-16)21-12/h1-4,8-12,16-19H,5H2/t8-,9+,10+,11-,12-/m1/s1. The molecule has 4 N–H and O–H groups in total. The van der Waals surface area contributed by atoms with Crippen molar-refractivity contribution in [2.45, 2.75) is 30.7 Å². The van der Waals surface area contributed by atoms with E-state index in [9.17, 15) is 15.3 Å². The zero-order chi connectivity index (χ0) is 15.4. The summed E-state index contributed by atoms with van der Waals surface area (Å²) in [5.74, 6) is 0.302. The molecule has 0 bridgehead atoms. The van der Waals surface area contributed by atoms with Gasteiger partial charge in [0.25, 0.3) is 0 Å². The second kappa shape index (κ2) is 6.72. The predicted molar refractivity (Wildman–Crippen MR) is 69.6 cm³/mol. The van der Waals surface area contributed by atoms with E-state index in [-0.39, 0.29) is 0 Å². The summed E-state index contributed by atoms with van der Waals surface area (Å²) in [6, 6.07) is 5.98. The maximum absolute atomic E-state index is 9.81. The van der Waals surface area contributed by atoms with E-state index in [1.165, 1.54) is 24.3 Å². The zero-order valence-electron chi connectivity index (χ0n) is 10.9. The number of rotatable bonds is 4. The van der Waals surface area contributed by atoms with Crippen LogP contribution in [0.5, 0.6) is 5.75 Å². The highest BCUT2D eigenvalue weighted by Crippen LogP contribution is 2.25. The smallest absolute Gasteiger partial charge is 0.229 e. The van der Waals surface area contributed by atoms with Gasteiger partial charge in [-0.25, -0.2) is 0 Å². The molecule has 21 heavy (non-hydrogen) atoms. The molecule has 0 aromatic heterocycles. The lowest BCUT2D eigenvalue weighted by atomic mass is 9.99. The van der Waals surface area contributed by atoms with E-state index in [0.717, 1.165) is 0 Å². The van der Waals surface area contributed by atoms with Crippen molar-refractivity contribution in [3.05, 3.63) is 34.7 Å². The van der Waals surface area contributed by atoms with Crippen molar-refractivity contribution < 1.29 is 29.9 Å². The fourth-order valence-electron chi connectivity index (χ4n) is 1.94. The Hall–Kier alpha value is -1.87. The Bertz CT molecular complexity index is 516. The van der Waals surface area contributed by atoms with Crippen LogP contribution in [0, 0.1) is 0 Å². The first-order valence-corrected chi connectivity index (χ1v) is 6.19. The second-order valence-corrected chi connectivity index (χ2v) is 4.50. The van der Waals surface area contributed by atoms with Crippen LogP contribution in [-0.4, -0.2) is 57.7 Å². The minimum atomic E-state index is -1.50. The van der Waals surface area contributed by atoms with E-state index in [2.05, 4.69) is 10.0 Å². The van der Waals surface area contributed by atoms with Gasteiger partial charge in [0.05, 0.1) is 6.61 Å². The first kappa shape index (κ1) is 15.5. The van der Waals surface area contributed by atoms with Crippen LogP contribution in [-0.2, 0) is 4.74 Å². The molecule has 1 aliphatic heterocycles. The summed E-state index contributed by atoms with van der Waals surface area (Å²) in [4.78, 5) is 2.63. The molecule has 5 atom stereocenters. The van der Waals surface area contributed by atoms with Crippen LogP contribution in [0.3, 0.4) is 0 Å². The maximum atomic E-state index is 9.81. The summed E-state index contributed by atoms with van der Waals surface area (Å²) >= 11 is 0. The third-order valence-electron chi connectivity index (χ3n) is 3.10. The zero-order valence-corrected chi connectivity index (χ0v) is 10.9. The molecule has 1 aliphatic rings. The monoisotopic (exact) mass is 297 g/mol. The number of hydrogen-bond donors (Lipinski definition) is 4. The largest absolute Gasteiger partial charge is 0.462 e. The van der Waals surface area contributed by atoms with Crippen LogP contribution >= 0.6 is 0 Å². The van der Waals surface area contributed by atoms with E-state index in [1.54, 1.807) is 0 Å². The fourth-order valence-corrected chi connectivity index (χ4v) is 1.94. The average molecular weight is 297 g/mol. The van der Waals surface area contributed by atoms with Crippen LogP contribution in [0.25, 0.3) is 10.4 Å². The Morgan fingerprint density at radius 3 is 2.38 bits per heavy atom. The number of benzene rings is 1. The quantitative estimate of drug-likeness (QED) is 0.344. The molecule has 1 saturated heterocycles. The second-order valence-electron chi connectivity index (χ2n) is 4.50. The van der Waals surface area contributed by atoms with Crippen molar-refractivity contribution in [3.63, 3.8) is 0 Å². The third-order valence-corrected chi connectivity index (χ3v) is 3.10. The van der Waals surface area contributed by atoms with Crippen molar-refractivity contribution in [1.82, 2.24) is 0 Å². The van der Waals surface area contributed by atoms with Gasteiger partial charge in [0.15, 0.2) is 0 Å². The Morgan fingerprint density at radius 2 is 1.81 bits per heavy atom. The lowest BCUT2D eigenvalue weighted by Gasteiger charge is -2.39. The minimum Gasteiger partial charge on any atom is -0.462 e. The SMILES string of the molecule is [N-]=[N+]=Nc1ccc(O[C@@H]2O[C@H](CO)[C@H](O)[C@H](O)[C@H]2O)cc1. The number of azide groups is 1. The van der Waals surface area contributed by atoms with Gasteiger partial charge in [-0.3, -0.25) is 0 Å². The molecule has 0 spiro atoms. The highest BCUT2D eigenvalue weighted by Gasteiger charge is 2.44. The van der Waals surface area contributed by atoms with E-state index < -0.39 is 37.3 Å². The van der Waals surface area contributed by atoms with Gasteiger partial charge in [0, 0.05) is 10.6 Å². The lowest BCUT2D eigenvalue weighted by Crippen LogP contribution is -2.60. The van der Waals surface area contributed by atoms with Gasteiger partial charge in [0.1, 0.15) is 30.2 Å². The molecular weight excluding hydrogens is 282 g/mol. The van der Waals surface area contributed by atoms with Gasteiger partial charge in [-0.05, 0) is 29.8 Å². The summed E-state index contributed by atoms with van der Waals surface area (Å²) in [5.41, 5.74) is 8.68. The average Bonchev–Trinajstić information content (AvgIpc) is 2.50. The van der Waals surface area contributed by atoms with E-state index >= 15 is 0 Å². The van der Waals surface area contributed by atoms with Gasteiger partial charge >= 0.3 is 0 Å². The maximum Gasteiger partial charge on any atom is 0.229 e. The van der Waals surface area contributed by atoms with Gasteiger partial charge < -0.3 is 29.9 Å². The normalized spacial score (nSPS) is 32.3. The molecule has 1 heterocycles. The van der Waals surface area contributed by atoms with Gasteiger partial charge in [-0.1, -0.05) is 5.11 Å². The van der Waals surface area contributed by atoms with E-state index in [0.29, 0.717) is 11.4 Å². The summed E-state index contributed by atoms with van der Waals surface area (Å²) < 4.78 is 10.6. The Kier molecular flexibility index (Phi) is 4.97. The van der Waals surface area contributed by atoms with E-state index in [4.69, 9.17) is 20.1 Å². The van der Waals surface area contributed by atoms with Gasteiger partial charge in [-0.2, -0.15) is 0 Å². The van der Waals surface area contributed by atoms with Crippen LogP contribution in [0.2, 0.25) is 0 Å². The lowest BCUT2D eigenvalue weighted by molar-refractivity contribution is -0.277. The molecule has 1 fully saturated rings. The molecule has 0 amide bonds. The Morgan fingerprint density at radius 1 is 1.14 bits per heavy atom. The van der Waals surface area contributed by atoms with Crippen molar-refractivity contribution in [1.29, 1.82) is 0 Å². The van der Waals surface area contributed by atoms with Crippen LogP contribution in [0.4, 0.5) is 5.69 Å². The van der Waals surface area contributed by atoms with Crippen LogP contribution < -0.4 is 4.74 Å². The number of hydrogen-bond acceptors (Lipinski definition) is 7. The topological polar surface area (TPSA) is 148 Å². The fraction of sp³-hybridized carbons (Fsp3) is 0.500. The highest BCUT2D eigenvalue weighted by atomic mass is 16.7. The molecular formula is C12H15N3O6. The van der Waals surface area contributed by atoms with Crippen LogP contribution in [0.1, 0.15) is 0 Å². The van der Waals surface area contributed by atoms with Crippen molar-refractivity contribution in [3.8, 4) is 5.75 Å². The molecule has 0 radical (unpaired) electrons. The molecule has 1 aromatic rings. The van der Waals surface area contributed by atoms with Crippen molar-refractivity contribution in [2.24, 2.45) is 5.11 Å². The van der Waals surface area contributed by atoms with Gasteiger partial charge in [0.2, 0.25) is 6.29 Å². The third kappa shape index (κ3) is 3.42. The number of aliphatic hydroxyl groups excluding tert-OH is 4. The molecule has 9 heteroatoms. The molecule has 2 rings (SSSR count). The Balaban J connectivity index is 2.08. The summed E-state index contributed by atoms with van der Waals surface area (Å²) in [5, 5.41) is 41.5. The molecule has 0 unspecified atom stereocenters. The molecule has 9 nitrogen and oxygen atoms in total.